The SMILES string of the molecule is CC/C=C\C/C=C\C/C=C\CCCCCCCC(=O)OCC(COC(=O)CCCCCCCCCCCCCCC/C=C\CCCCCCCCCC)OC(=O)CCCCCCCCCCCCCCCCCCCC. The van der Waals surface area contributed by atoms with E-state index in [1.165, 1.54) is 225 Å². The van der Waals surface area contributed by atoms with Crippen LogP contribution in [0.25, 0.3) is 0 Å². The summed E-state index contributed by atoms with van der Waals surface area (Å²) in [7, 11) is 0. The molecule has 0 N–H and O–H groups in total. The van der Waals surface area contributed by atoms with Crippen molar-refractivity contribution in [2.45, 2.75) is 367 Å². The molecular formula is C70H128O6. The Morgan fingerprint density at radius 3 is 0.816 bits per heavy atom. The molecule has 0 aromatic rings. The number of hydrogen-bond donors (Lipinski definition) is 0. The maximum Gasteiger partial charge on any atom is 0.306 e. The Hall–Kier alpha value is -2.63. The van der Waals surface area contributed by atoms with Crippen molar-refractivity contribution >= 4 is 17.9 Å². The van der Waals surface area contributed by atoms with Gasteiger partial charge in [-0.2, -0.15) is 0 Å². The van der Waals surface area contributed by atoms with Crippen LogP contribution in [0.4, 0.5) is 0 Å². The monoisotopic (exact) mass is 1060 g/mol. The minimum atomic E-state index is -0.779. The van der Waals surface area contributed by atoms with Crippen molar-refractivity contribution in [3.05, 3.63) is 48.6 Å². The van der Waals surface area contributed by atoms with Gasteiger partial charge >= 0.3 is 17.9 Å². The van der Waals surface area contributed by atoms with Crippen molar-refractivity contribution < 1.29 is 28.6 Å². The van der Waals surface area contributed by atoms with Gasteiger partial charge < -0.3 is 14.2 Å². The largest absolute Gasteiger partial charge is 0.462 e. The first-order valence-electron chi connectivity index (χ1n) is 33.6. The highest BCUT2D eigenvalue weighted by atomic mass is 16.6. The quantitative estimate of drug-likeness (QED) is 0.0261. The summed E-state index contributed by atoms with van der Waals surface area (Å²) >= 11 is 0. The van der Waals surface area contributed by atoms with Gasteiger partial charge in [-0.1, -0.05) is 313 Å². The van der Waals surface area contributed by atoms with Gasteiger partial charge in [0.05, 0.1) is 0 Å². The molecule has 0 rings (SSSR count). The van der Waals surface area contributed by atoms with Crippen LogP contribution in [0, 0.1) is 0 Å². The van der Waals surface area contributed by atoms with Crippen molar-refractivity contribution in [3.63, 3.8) is 0 Å². The lowest BCUT2D eigenvalue weighted by molar-refractivity contribution is -0.167. The predicted octanol–water partition coefficient (Wildman–Crippen LogP) is 22.9. The normalized spacial score (nSPS) is 12.3. The van der Waals surface area contributed by atoms with E-state index in [1.807, 2.05) is 0 Å². The van der Waals surface area contributed by atoms with Gasteiger partial charge in [-0.3, -0.25) is 14.4 Å². The zero-order valence-corrected chi connectivity index (χ0v) is 51.0. The standard InChI is InChI=1S/C70H128O6/c1-4-7-10-13-16-19-22-25-28-30-32-33-34-35-36-37-38-40-42-45-48-51-54-57-60-63-69(72)75-66-67(65-74-68(71)62-59-56-53-50-47-44-41-27-24-21-18-15-12-9-6-3)76-70(73)64-61-58-55-52-49-46-43-39-31-29-26-23-20-17-14-11-8-5-2/h9,12,18,21,27,30,32,41,67H,4-8,10-11,13-17,19-20,22-26,28-29,31,33-40,42-66H2,1-3H3/b12-9-,21-18-,32-30-,41-27-. The van der Waals surface area contributed by atoms with Gasteiger partial charge in [0.25, 0.3) is 0 Å². The van der Waals surface area contributed by atoms with E-state index < -0.39 is 6.10 Å². The number of hydrogen-bond acceptors (Lipinski definition) is 6. The first-order chi connectivity index (χ1) is 37.5. The summed E-state index contributed by atoms with van der Waals surface area (Å²) in [5.41, 5.74) is 0. The lowest BCUT2D eigenvalue weighted by Crippen LogP contribution is -2.30. The molecule has 1 unspecified atom stereocenters. The molecule has 444 valence electrons. The van der Waals surface area contributed by atoms with Crippen molar-refractivity contribution in [1.82, 2.24) is 0 Å². The molecule has 6 heteroatoms. The lowest BCUT2D eigenvalue weighted by atomic mass is 10.0. The molecule has 0 aromatic heterocycles. The Labute approximate surface area is 473 Å². The zero-order valence-electron chi connectivity index (χ0n) is 51.0. The van der Waals surface area contributed by atoms with Gasteiger partial charge in [0.15, 0.2) is 6.10 Å². The smallest absolute Gasteiger partial charge is 0.306 e. The highest BCUT2D eigenvalue weighted by Gasteiger charge is 2.19. The summed E-state index contributed by atoms with van der Waals surface area (Å²) in [6.45, 7) is 6.58. The molecule has 0 saturated carbocycles. The predicted molar refractivity (Wildman–Crippen MR) is 330 cm³/mol. The topological polar surface area (TPSA) is 78.9 Å². The van der Waals surface area contributed by atoms with Crippen molar-refractivity contribution in [2.75, 3.05) is 13.2 Å². The second-order valence-corrected chi connectivity index (χ2v) is 22.7. The fourth-order valence-corrected chi connectivity index (χ4v) is 10.0. The minimum Gasteiger partial charge on any atom is -0.462 e. The zero-order chi connectivity index (χ0) is 55.0. The van der Waals surface area contributed by atoms with E-state index in [2.05, 4.69) is 69.4 Å². The first-order valence-corrected chi connectivity index (χ1v) is 33.6. The van der Waals surface area contributed by atoms with E-state index in [9.17, 15) is 14.4 Å². The molecule has 0 fully saturated rings. The van der Waals surface area contributed by atoms with Gasteiger partial charge in [-0.25, -0.2) is 0 Å². The summed E-state index contributed by atoms with van der Waals surface area (Å²) in [6.07, 6.45) is 81.3. The summed E-state index contributed by atoms with van der Waals surface area (Å²) in [5.74, 6) is -0.868. The number of carbonyl (C=O) groups is 3. The highest BCUT2D eigenvalue weighted by molar-refractivity contribution is 5.71. The fourth-order valence-electron chi connectivity index (χ4n) is 10.0. The summed E-state index contributed by atoms with van der Waals surface area (Å²) in [5, 5.41) is 0. The van der Waals surface area contributed by atoms with Crippen LogP contribution in [-0.2, 0) is 28.6 Å². The van der Waals surface area contributed by atoms with Crippen molar-refractivity contribution in [1.29, 1.82) is 0 Å². The minimum absolute atomic E-state index is 0.0746. The van der Waals surface area contributed by atoms with E-state index >= 15 is 0 Å². The van der Waals surface area contributed by atoms with Crippen LogP contribution in [-0.4, -0.2) is 37.2 Å². The summed E-state index contributed by atoms with van der Waals surface area (Å²) < 4.78 is 17.0. The Kier molecular flexibility index (Phi) is 62.6. The van der Waals surface area contributed by atoms with Gasteiger partial charge in [-0.15, -0.1) is 0 Å². The van der Waals surface area contributed by atoms with Crippen LogP contribution in [0.3, 0.4) is 0 Å². The van der Waals surface area contributed by atoms with Crippen LogP contribution in [0.2, 0.25) is 0 Å². The first kappa shape index (κ1) is 73.4. The Morgan fingerprint density at radius 1 is 0.276 bits per heavy atom. The molecule has 0 aliphatic carbocycles. The van der Waals surface area contributed by atoms with Crippen LogP contribution >= 0.6 is 0 Å². The molecular weight excluding hydrogens is 937 g/mol. The Balaban J connectivity index is 4.27. The van der Waals surface area contributed by atoms with Gasteiger partial charge in [0.2, 0.25) is 0 Å². The van der Waals surface area contributed by atoms with E-state index in [4.69, 9.17) is 14.2 Å². The fraction of sp³-hybridized carbons (Fsp3) is 0.843. The maximum atomic E-state index is 12.9. The molecule has 0 amide bonds. The average Bonchev–Trinajstić information content (AvgIpc) is 3.42. The number of rotatable bonds is 62. The highest BCUT2D eigenvalue weighted by Crippen LogP contribution is 2.18. The number of esters is 3. The molecule has 0 aromatic carbocycles. The Bertz CT molecular complexity index is 1310. The maximum absolute atomic E-state index is 12.9. The molecule has 0 heterocycles. The third kappa shape index (κ3) is 62.2. The van der Waals surface area contributed by atoms with Gasteiger partial charge in [0.1, 0.15) is 13.2 Å². The molecule has 0 spiro atoms. The van der Waals surface area contributed by atoms with Crippen LogP contribution in [0.1, 0.15) is 361 Å². The van der Waals surface area contributed by atoms with E-state index in [0.29, 0.717) is 19.3 Å². The number of carbonyl (C=O) groups excluding carboxylic acids is 3. The number of unbranched alkanes of at least 4 members (excludes halogenated alkanes) is 43. The average molecular weight is 1070 g/mol. The van der Waals surface area contributed by atoms with E-state index in [1.54, 1.807) is 0 Å². The second-order valence-electron chi connectivity index (χ2n) is 22.7. The third-order valence-corrected chi connectivity index (χ3v) is 15.1. The van der Waals surface area contributed by atoms with Gasteiger partial charge in [-0.05, 0) is 77.0 Å². The lowest BCUT2D eigenvalue weighted by Gasteiger charge is -2.18. The van der Waals surface area contributed by atoms with Crippen LogP contribution in [0.5, 0.6) is 0 Å². The molecule has 0 bridgehead atoms. The molecule has 6 nitrogen and oxygen atoms in total. The van der Waals surface area contributed by atoms with Gasteiger partial charge in [0, 0.05) is 19.3 Å². The second kappa shape index (κ2) is 64.9. The van der Waals surface area contributed by atoms with Crippen LogP contribution in [0.15, 0.2) is 48.6 Å². The van der Waals surface area contributed by atoms with Crippen molar-refractivity contribution in [3.8, 4) is 0 Å². The van der Waals surface area contributed by atoms with Crippen LogP contribution < -0.4 is 0 Å². The molecule has 0 saturated heterocycles. The number of allylic oxidation sites excluding steroid dienone is 8. The van der Waals surface area contributed by atoms with Crippen molar-refractivity contribution in [2.24, 2.45) is 0 Å². The third-order valence-electron chi connectivity index (χ3n) is 15.1. The molecule has 0 radical (unpaired) electrons. The number of ether oxygens (including phenoxy) is 3. The molecule has 0 aliphatic rings. The summed E-state index contributed by atoms with van der Waals surface area (Å²) in [4.78, 5) is 38.4. The molecule has 1 atom stereocenters. The molecule has 0 aliphatic heterocycles. The van der Waals surface area contributed by atoms with E-state index in [-0.39, 0.29) is 31.1 Å². The summed E-state index contributed by atoms with van der Waals surface area (Å²) in [6, 6.07) is 0. The molecule has 76 heavy (non-hydrogen) atoms. The van der Waals surface area contributed by atoms with E-state index in [0.717, 1.165) is 96.3 Å². The Morgan fingerprint density at radius 2 is 0.513 bits per heavy atom.